The Morgan fingerprint density at radius 2 is 2.35 bits per heavy atom. The summed E-state index contributed by atoms with van der Waals surface area (Å²) in [6.07, 6.45) is 6.30. The van der Waals surface area contributed by atoms with Crippen molar-refractivity contribution >= 4 is 23.2 Å². The smallest absolute Gasteiger partial charge is 0.355 e. The van der Waals surface area contributed by atoms with Gasteiger partial charge in [0.15, 0.2) is 5.69 Å². The van der Waals surface area contributed by atoms with Crippen LogP contribution in [0, 0.1) is 12.3 Å². The van der Waals surface area contributed by atoms with Gasteiger partial charge in [-0.1, -0.05) is 0 Å². The molecule has 0 radical (unpaired) electrons. The van der Waals surface area contributed by atoms with Crippen molar-refractivity contribution in [3.05, 3.63) is 16.1 Å². The first kappa shape index (κ1) is 13.2. The SMILES string of the molecule is C#CCCC(=O)NCCc1nc(C(=O)O)cs1. The summed E-state index contributed by atoms with van der Waals surface area (Å²) in [5.74, 6) is 1.25. The van der Waals surface area contributed by atoms with E-state index in [-0.39, 0.29) is 11.6 Å². The predicted molar refractivity (Wildman–Crippen MR) is 63.9 cm³/mol. The number of aromatic carboxylic acids is 1. The number of thiazole rings is 1. The van der Waals surface area contributed by atoms with Crippen molar-refractivity contribution in [3.63, 3.8) is 0 Å². The molecule has 0 aromatic carbocycles. The number of carboxylic acid groups (broad SMARTS) is 1. The normalized spacial score (nSPS) is 9.59. The Kier molecular flexibility index (Phi) is 5.17. The third kappa shape index (κ3) is 4.66. The largest absolute Gasteiger partial charge is 0.476 e. The number of carbonyl (C=O) groups is 2. The molecule has 17 heavy (non-hydrogen) atoms. The Labute approximate surface area is 103 Å². The second kappa shape index (κ2) is 6.66. The molecule has 0 aliphatic carbocycles. The lowest BCUT2D eigenvalue weighted by Gasteiger charge is -2.01. The minimum atomic E-state index is -1.04. The zero-order chi connectivity index (χ0) is 12.7. The maximum absolute atomic E-state index is 11.2. The van der Waals surface area contributed by atoms with Gasteiger partial charge in [0.25, 0.3) is 0 Å². The lowest BCUT2D eigenvalue weighted by atomic mass is 10.3. The van der Waals surface area contributed by atoms with Crippen molar-refractivity contribution in [2.45, 2.75) is 19.3 Å². The zero-order valence-corrected chi connectivity index (χ0v) is 9.92. The van der Waals surface area contributed by atoms with E-state index in [9.17, 15) is 9.59 Å². The molecule has 1 heterocycles. The molecule has 0 spiro atoms. The average molecular weight is 252 g/mol. The molecule has 0 fully saturated rings. The molecule has 1 aromatic rings. The van der Waals surface area contributed by atoms with Crippen LogP contribution >= 0.6 is 11.3 Å². The fourth-order valence-corrected chi connectivity index (χ4v) is 1.88. The second-order valence-electron chi connectivity index (χ2n) is 3.24. The van der Waals surface area contributed by atoms with Crippen LogP contribution in [-0.2, 0) is 11.2 Å². The molecule has 1 amide bonds. The summed E-state index contributed by atoms with van der Waals surface area (Å²) in [7, 11) is 0. The summed E-state index contributed by atoms with van der Waals surface area (Å²) in [6, 6.07) is 0. The lowest BCUT2D eigenvalue weighted by molar-refractivity contribution is -0.120. The first-order chi connectivity index (χ1) is 8.13. The van der Waals surface area contributed by atoms with Gasteiger partial charge in [0.05, 0.1) is 5.01 Å². The fourth-order valence-electron chi connectivity index (χ4n) is 1.11. The molecule has 6 heteroatoms. The fraction of sp³-hybridized carbons (Fsp3) is 0.364. The van der Waals surface area contributed by atoms with Crippen LogP contribution in [0.15, 0.2) is 5.38 Å². The molecule has 0 unspecified atom stereocenters. The highest BCUT2D eigenvalue weighted by molar-refractivity contribution is 7.09. The quantitative estimate of drug-likeness (QED) is 0.738. The molecule has 90 valence electrons. The number of rotatable bonds is 6. The highest BCUT2D eigenvalue weighted by Gasteiger charge is 2.08. The lowest BCUT2D eigenvalue weighted by Crippen LogP contribution is -2.25. The Balaban J connectivity index is 2.29. The predicted octanol–water partition coefficient (Wildman–Crippen LogP) is 0.913. The van der Waals surface area contributed by atoms with Gasteiger partial charge in [-0.15, -0.1) is 23.7 Å². The zero-order valence-electron chi connectivity index (χ0n) is 9.10. The molecule has 0 bridgehead atoms. The van der Waals surface area contributed by atoms with Gasteiger partial charge >= 0.3 is 5.97 Å². The number of nitrogens with one attached hydrogen (secondary N) is 1. The third-order valence-electron chi connectivity index (χ3n) is 1.93. The standard InChI is InChI=1S/C11H12N2O3S/c1-2-3-4-9(14)12-6-5-10-13-8(7-17-10)11(15)16/h1,7H,3-6H2,(H,12,14)(H,15,16). The van der Waals surface area contributed by atoms with E-state index in [2.05, 4.69) is 16.2 Å². The third-order valence-corrected chi connectivity index (χ3v) is 2.84. The van der Waals surface area contributed by atoms with Gasteiger partial charge in [-0.05, 0) is 0 Å². The number of hydrogen-bond acceptors (Lipinski definition) is 4. The van der Waals surface area contributed by atoms with E-state index in [0.717, 1.165) is 0 Å². The summed E-state index contributed by atoms with van der Waals surface area (Å²) >= 11 is 1.27. The number of nitrogens with zero attached hydrogens (tertiary/aromatic N) is 1. The Hall–Kier alpha value is -1.87. The minimum absolute atomic E-state index is 0.0451. The first-order valence-corrected chi connectivity index (χ1v) is 5.89. The topological polar surface area (TPSA) is 79.3 Å². The molecule has 1 aromatic heterocycles. The van der Waals surface area contributed by atoms with Gasteiger partial charge in [-0.25, -0.2) is 9.78 Å². The van der Waals surface area contributed by atoms with E-state index < -0.39 is 5.97 Å². The maximum Gasteiger partial charge on any atom is 0.355 e. The Bertz CT molecular complexity index is 448. The number of terminal acetylenes is 1. The van der Waals surface area contributed by atoms with E-state index in [4.69, 9.17) is 11.5 Å². The Morgan fingerprint density at radius 1 is 1.59 bits per heavy atom. The minimum Gasteiger partial charge on any atom is -0.476 e. The number of carbonyl (C=O) groups excluding carboxylic acids is 1. The molecular weight excluding hydrogens is 240 g/mol. The van der Waals surface area contributed by atoms with Gasteiger partial charge in [-0.3, -0.25) is 4.79 Å². The first-order valence-electron chi connectivity index (χ1n) is 5.01. The highest BCUT2D eigenvalue weighted by Crippen LogP contribution is 2.09. The van der Waals surface area contributed by atoms with Crippen molar-refractivity contribution in [2.75, 3.05) is 6.54 Å². The maximum atomic E-state index is 11.2. The molecule has 1 rings (SSSR count). The second-order valence-corrected chi connectivity index (χ2v) is 4.18. The summed E-state index contributed by atoms with van der Waals surface area (Å²) in [4.78, 5) is 25.7. The Morgan fingerprint density at radius 3 is 2.94 bits per heavy atom. The summed E-state index contributed by atoms with van der Waals surface area (Å²) in [6.45, 7) is 0.440. The molecule has 0 saturated heterocycles. The van der Waals surface area contributed by atoms with Crippen LogP contribution in [0.2, 0.25) is 0 Å². The van der Waals surface area contributed by atoms with Gasteiger partial charge in [-0.2, -0.15) is 0 Å². The van der Waals surface area contributed by atoms with Crippen LogP contribution in [0.1, 0.15) is 28.3 Å². The molecule has 0 aliphatic heterocycles. The van der Waals surface area contributed by atoms with Crippen LogP contribution < -0.4 is 5.32 Å². The number of hydrogen-bond donors (Lipinski definition) is 2. The summed E-state index contributed by atoms with van der Waals surface area (Å²) < 4.78 is 0. The summed E-state index contributed by atoms with van der Waals surface area (Å²) in [5, 5.41) is 13.5. The van der Waals surface area contributed by atoms with Gasteiger partial charge in [0.2, 0.25) is 5.91 Å². The monoisotopic (exact) mass is 252 g/mol. The molecule has 0 saturated carbocycles. The number of aromatic nitrogens is 1. The van der Waals surface area contributed by atoms with E-state index in [1.54, 1.807) is 0 Å². The van der Waals surface area contributed by atoms with E-state index in [1.165, 1.54) is 16.7 Å². The summed E-state index contributed by atoms with van der Waals surface area (Å²) in [5.41, 5.74) is 0.0451. The van der Waals surface area contributed by atoms with E-state index in [0.29, 0.717) is 30.8 Å². The molecule has 5 nitrogen and oxygen atoms in total. The van der Waals surface area contributed by atoms with Crippen LogP contribution in [0.3, 0.4) is 0 Å². The van der Waals surface area contributed by atoms with E-state index >= 15 is 0 Å². The van der Waals surface area contributed by atoms with Crippen molar-refractivity contribution in [1.29, 1.82) is 0 Å². The number of amides is 1. The van der Waals surface area contributed by atoms with Crippen LogP contribution in [0.4, 0.5) is 0 Å². The average Bonchev–Trinajstić information content (AvgIpc) is 2.75. The molecule has 0 atom stereocenters. The van der Waals surface area contributed by atoms with Crippen LogP contribution in [-0.4, -0.2) is 28.5 Å². The van der Waals surface area contributed by atoms with Crippen molar-refractivity contribution < 1.29 is 14.7 Å². The molecular formula is C11H12N2O3S. The van der Waals surface area contributed by atoms with Crippen LogP contribution in [0.5, 0.6) is 0 Å². The van der Waals surface area contributed by atoms with Crippen molar-refractivity contribution in [3.8, 4) is 12.3 Å². The van der Waals surface area contributed by atoms with Gasteiger partial charge in [0.1, 0.15) is 0 Å². The van der Waals surface area contributed by atoms with Gasteiger partial charge in [0, 0.05) is 31.2 Å². The molecule has 2 N–H and O–H groups in total. The highest BCUT2D eigenvalue weighted by atomic mass is 32.1. The van der Waals surface area contributed by atoms with Gasteiger partial charge < -0.3 is 10.4 Å². The van der Waals surface area contributed by atoms with Crippen LogP contribution in [0.25, 0.3) is 0 Å². The number of carboxylic acids is 1. The van der Waals surface area contributed by atoms with Crippen molar-refractivity contribution in [2.24, 2.45) is 0 Å². The van der Waals surface area contributed by atoms with E-state index in [1.807, 2.05) is 0 Å². The molecule has 0 aliphatic rings. The van der Waals surface area contributed by atoms with Crippen molar-refractivity contribution in [1.82, 2.24) is 10.3 Å².